The number of urea groups is 1. The Kier molecular flexibility index (Phi) is 4.44. The molecule has 21 heavy (non-hydrogen) atoms. The van der Waals surface area contributed by atoms with E-state index in [1.165, 1.54) is 10.9 Å². The van der Waals surface area contributed by atoms with E-state index in [-0.39, 0.29) is 17.8 Å². The molecule has 1 heterocycles. The van der Waals surface area contributed by atoms with Gasteiger partial charge in [-0.15, -0.1) is 5.10 Å². The summed E-state index contributed by atoms with van der Waals surface area (Å²) in [7, 11) is 0. The van der Waals surface area contributed by atoms with Gasteiger partial charge in [-0.25, -0.2) is 14.0 Å². The third-order valence-electron chi connectivity index (χ3n) is 2.56. The molecule has 9 heteroatoms. The zero-order valence-corrected chi connectivity index (χ0v) is 10.8. The van der Waals surface area contributed by atoms with Crippen molar-refractivity contribution in [2.24, 2.45) is 0 Å². The highest BCUT2D eigenvalue weighted by molar-refractivity contribution is 5.99. The highest BCUT2D eigenvalue weighted by atomic mass is 19.1. The fraction of sp³-hybridized carbons (Fsp3) is 0.167. The number of nitrogens with one attached hydrogen (secondary N) is 2. The first-order valence-corrected chi connectivity index (χ1v) is 5.98. The predicted molar refractivity (Wildman–Crippen MR) is 70.4 cm³/mol. The molecule has 0 aliphatic carbocycles. The van der Waals surface area contributed by atoms with E-state index >= 15 is 0 Å². The van der Waals surface area contributed by atoms with E-state index < -0.39 is 17.8 Å². The van der Waals surface area contributed by atoms with E-state index in [1.54, 1.807) is 6.20 Å². The number of aromatic carboxylic acids is 1. The van der Waals surface area contributed by atoms with Gasteiger partial charge in [0.1, 0.15) is 5.82 Å². The minimum atomic E-state index is -1.26. The third-order valence-corrected chi connectivity index (χ3v) is 2.56. The number of aromatic nitrogens is 3. The van der Waals surface area contributed by atoms with Crippen molar-refractivity contribution in [3.63, 3.8) is 0 Å². The van der Waals surface area contributed by atoms with Gasteiger partial charge >= 0.3 is 12.0 Å². The van der Waals surface area contributed by atoms with Crippen LogP contribution in [-0.4, -0.2) is 38.6 Å². The number of halogens is 1. The summed E-state index contributed by atoms with van der Waals surface area (Å²) in [6, 6.07) is 2.41. The van der Waals surface area contributed by atoms with Crippen LogP contribution in [0.3, 0.4) is 0 Å². The Morgan fingerprint density at radius 1 is 1.38 bits per heavy atom. The Morgan fingerprint density at radius 3 is 2.86 bits per heavy atom. The summed E-state index contributed by atoms with van der Waals surface area (Å²) in [5.74, 6) is -1.90. The van der Waals surface area contributed by atoms with Crippen molar-refractivity contribution in [2.45, 2.75) is 6.54 Å². The number of nitrogens with zero attached hydrogens (tertiary/aromatic N) is 3. The van der Waals surface area contributed by atoms with Crippen LogP contribution in [0.15, 0.2) is 30.6 Å². The lowest BCUT2D eigenvalue weighted by molar-refractivity contribution is 0.0698. The zero-order chi connectivity index (χ0) is 15.2. The minimum absolute atomic E-state index is 0.110. The summed E-state index contributed by atoms with van der Waals surface area (Å²) in [4.78, 5) is 22.6. The minimum Gasteiger partial charge on any atom is -0.478 e. The molecule has 0 unspecified atom stereocenters. The second kappa shape index (κ2) is 6.46. The molecular formula is C12H12FN5O3. The molecule has 2 aromatic rings. The van der Waals surface area contributed by atoms with E-state index in [9.17, 15) is 14.0 Å². The van der Waals surface area contributed by atoms with E-state index in [0.717, 1.165) is 18.2 Å². The molecule has 2 rings (SSSR count). The molecule has 8 nitrogen and oxygen atoms in total. The highest BCUT2D eigenvalue weighted by Gasteiger charge is 2.13. The van der Waals surface area contributed by atoms with Crippen molar-refractivity contribution >= 4 is 17.7 Å². The summed E-state index contributed by atoms with van der Waals surface area (Å²) >= 11 is 0. The van der Waals surface area contributed by atoms with Crippen LogP contribution in [-0.2, 0) is 6.54 Å². The van der Waals surface area contributed by atoms with Gasteiger partial charge in [0.25, 0.3) is 0 Å². The number of amides is 2. The summed E-state index contributed by atoms with van der Waals surface area (Å²) in [5, 5.41) is 21.1. The number of rotatable bonds is 5. The largest absolute Gasteiger partial charge is 0.478 e. The first-order valence-electron chi connectivity index (χ1n) is 5.98. The summed E-state index contributed by atoms with van der Waals surface area (Å²) in [6.07, 6.45) is 3.14. The molecule has 1 aromatic heterocycles. The number of carbonyl (C=O) groups is 2. The fourth-order valence-electron chi connectivity index (χ4n) is 1.61. The Bertz CT molecular complexity index is 644. The third kappa shape index (κ3) is 4.00. The van der Waals surface area contributed by atoms with Crippen molar-refractivity contribution in [3.05, 3.63) is 42.0 Å². The first kappa shape index (κ1) is 14.4. The number of benzene rings is 1. The number of hydrogen-bond acceptors (Lipinski definition) is 4. The standard InChI is InChI=1S/C12H12FN5O3/c13-8-1-2-9(11(19)20)10(7-8)16-12(21)14-3-5-18-6-4-15-17-18/h1-2,4,6-7H,3,5H2,(H,19,20)(H2,14,16,21). The monoisotopic (exact) mass is 293 g/mol. The number of carbonyl (C=O) groups excluding carboxylic acids is 1. The quantitative estimate of drug-likeness (QED) is 0.760. The van der Waals surface area contributed by atoms with Crippen LogP contribution in [0.25, 0.3) is 0 Å². The van der Waals surface area contributed by atoms with Crippen LogP contribution in [0.1, 0.15) is 10.4 Å². The molecule has 0 saturated heterocycles. The maximum atomic E-state index is 13.1. The topological polar surface area (TPSA) is 109 Å². The SMILES string of the molecule is O=C(NCCn1ccnn1)Nc1cc(F)ccc1C(=O)O. The average Bonchev–Trinajstić information content (AvgIpc) is 2.91. The van der Waals surface area contributed by atoms with Gasteiger partial charge in [0.15, 0.2) is 0 Å². The van der Waals surface area contributed by atoms with Crippen molar-refractivity contribution in [2.75, 3.05) is 11.9 Å². The van der Waals surface area contributed by atoms with Gasteiger partial charge in [-0.05, 0) is 18.2 Å². The van der Waals surface area contributed by atoms with Crippen LogP contribution in [0.5, 0.6) is 0 Å². The highest BCUT2D eigenvalue weighted by Crippen LogP contribution is 2.17. The van der Waals surface area contributed by atoms with Gasteiger partial charge in [0.05, 0.1) is 24.0 Å². The smallest absolute Gasteiger partial charge is 0.337 e. The van der Waals surface area contributed by atoms with Crippen molar-refractivity contribution in [1.82, 2.24) is 20.3 Å². The van der Waals surface area contributed by atoms with E-state index in [4.69, 9.17) is 5.11 Å². The number of carboxylic acids is 1. The van der Waals surface area contributed by atoms with Crippen LogP contribution in [0.2, 0.25) is 0 Å². The maximum absolute atomic E-state index is 13.1. The number of hydrogen-bond donors (Lipinski definition) is 3. The molecule has 0 radical (unpaired) electrons. The van der Waals surface area contributed by atoms with E-state index in [2.05, 4.69) is 20.9 Å². The molecule has 0 aliphatic rings. The van der Waals surface area contributed by atoms with E-state index in [0.29, 0.717) is 6.54 Å². The fourth-order valence-corrected chi connectivity index (χ4v) is 1.61. The Morgan fingerprint density at radius 2 is 2.19 bits per heavy atom. The lowest BCUT2D eigenvalue weighted by Crippen LogP contribution is -2.32. The van der Waals surface area contributed by atoms with Crippen LogP contribution in [0.4, 0.5) is 14.9 Å². The normalized spacial score (nSPS) is 10.1. The molecule has 2 amide bonds. The van der Waals surface area contributed by atoms with Gasteiger partial charge in [-0.2, -0.15) is 0 Å². The Labute approximate surface area is 118 Å². The molecule has 0 bridgehead atoms. The van der Waals surface area contributed by atoms with Crippen LogP contribution >= 0.6 is 0 Å². The second-order valence-electron chi connectivity index (χ2n) is 4.04. The van der Waals surface area contributed by atoms with Gasteiger partial charge in [-0.3, -0.25) is 4.68 Å². The molecule has 0 atom stereocenters. The van der Waals surface area contributed by atoms with Crippen LogP contribution < -0.4 is 10.6 Å². The number of carboxylic acid groups (broad SMARTS) is 1. The maximum Gasteiger partial charge on any atom is 0.337 e. The van der Waals surface area contributed by atoms with Crippen molar-refractivity contribution in [1.29, 1.82) is 0 Å². The summed E-state index contributed by atoms with van der Waals surface area (Å²) in [5.41, 5.74) is -0.302. The molecule has 0 saturated carbocycles. The molecule has 1 aromatic carbocycles. The summed E-state index contributed by atoms with van der Waals surface area (Å²) in [6.45, 7) is 0.662. The lowest BCUT2D eigenvalue weighted by atomic mass is 10.2. The van der Waals surface area contributed by atoms with Crippen LogP contribution in [0, 0.1) is 5.82 Å². The molecule has 3 N–H and O–H groups in total. The van der Waals surface area contributed by atoms with Crippen molar-refractivity contribution < 1.29 is 19.1 Å². The summed E-state index contributed by atoms with van der Waals surface area (Å²) < 4.78 is 14.6. The number of anilines is 1. The average molecular weight is 293 g/mol. The molecule has 0 aliphatic heterocycles. The zero-order valence-electron chi connectivity index (χ0n) is 10.8. The molecule has 0 spiro atoms. The first-order chi connectivity index (χ1) is 10.1. The second-order valence-corrected chi connectivity index (χ2v) is 4.04. The van der Waals surface area contributed by atoms with Gasteiger partial charge in [0.2, 0.25) is 0 Å². The van der Waals surface area contributed by atoms with E-state index in [1.807, 2.05) is 0 Å². The van der Waals surface area contributed by atoms with Gasteiger partial charge in [0, 0.05) is 12.7 Å². The molecular weight excluding hydrogens is 281 g/mol. The van der Waals surface area contributed by atoms with Gasteiger partial charge in [-0.1, -0.05) is 5.21 Å². The Hall–Kier alpha value is -2.97. The van der Waals surface area contributed by atoms with Gasteiger partial charge < -0.3 is 15.7 Å². The Balaban J connectivity index is 1.93. The van der Waals surface area contributed by atoms with Crippen molar-refractivity contribution in [3.8, 4) is 0 Å². The predicted octanol–water partition coefficient (Wildman–Crippen LogP) is 0.937. The molecule has 110 valence electrons. The molecule has 0 fully saturated rings. The lowest BCUT2D eigenvalue weighted by Gasteiger charge is -2.10.